The monoisotopic (exact) mass is 493 g/mol. The van der Waals surface area contributed by atoms with Crippen LogP contribution in [0.3, 0.4) is 0 Å². The fraction of sp³-hybridized carbons (Fsp3) is 0.231. The molecule has 0 radical (unpaired) electrons. The third-order valence-corrected chi connectivity index (χ3v) is 7.34. The Morgan fingerprint density at radius 3 is 2.51 bits per heavy atom. The van der Waals surface area contributed by atoms with Gasteiger partial charge in [-0.25, -0.2) is 8.42 Å². The Labute approximate surface area is 205 Å². The highest BCUT2D eigenvalue weighted by molar-refractivity contribution is 7.89. The molecule has 0 spiro atoms. The summed E-state index contributed by atoms with van der Waals surface area (Å²) in [6.07, 6.45) is 0.737. The molecule has 0 fully saturated rings. The maximum absolute atomic E-state index is 13.3. The Morgan fingerprint density at radius 1 is 1.03 bits per heavy atom. The molecule has 1 atom stereocenters. The zero-order valence-electron chi connectivity index (χ0n) is 19.5. The number of nitrogens with zero attached hydrogens (tertiary/aromatic N) is 1. The van der Waals surface area contributed by atoms with Gasteiger partial charge in [0.05, 0.1) is 12.0 Å². The van der Waals surface area contributed by atoms with Crippen molar-refractivity contribution in [3.05, 3.63) is 83.9 Å². The van der Waals surface area contributed by atoms with E-state index in [1.165, 1.54) is 20.1 Å². The summed E-state index contributed by atoms with van der Waals surface area (Å²) in [5, 5.41) is 2.78. The van der Waals surface area contributed by atoms with Crippen molar-refractivity contribution in [2.24, 2.45) is 0 Å². The Kier molecular flexibility index (Phi) is 7.18. The second-order valence-electron chi connectivity index (χ2n) is 8.30. The molecular weight excluding hydrogens is 466 g/mol. The summed E-state index contributed by atoms with van der Waals surface area (Å²) in [4.78, 5) is 26.7. The fourth-order valence-corrected chi connectivity index (χ4v) is 5.34. The van der Waals surface area contributed by atoms with Gasteiger partial charge in [-0.05, 0) is 54.3 Å². The maximum atomic E-state index is 13.3. The van der Waals surface area contributed by atoms with E-state index in [4.69, 9.17) is 4.74 Å². The van der Waals surface area contributed by atoms with Gasteiger partial charge in [0.25, 0.3) is 0 Å². The highest BCUT2D eigenvalue weighted by atomic mass is 32.2. The summed E-state index contributed by atoms with van der Waals surface area (Å²) in [6.45, 7) is 2.00. The third kappa shape index (κ3) is 5.70. The van der Waals surface area contributed by atoms with Crippen molar-refractivity contribution in [1.82, 2.24) is 4.72 Å². The van der Waals surface area contributed by atoms with E-state index < -0.39 is 22.0 Å². The van der Waals surface area contributed by atoms with Crippen molar-refractivity contribution in [2.45, 2.75) is 30.7 Å². The number of sulfonamides is 1. The van der Waals surface area contributed by atoms with Crippen LogP contribution in [0.4, 0.5) is 11.4 Å². The van der Waals surface area contributed by atoms with Crippen LogP contribution in [0, 0.1) is 0 Å². The molecule has 0 saturated carbocycles. The number of rotatable bonds is 8. The van der Waals surface area contributed by atoms with Gasteiger partial charge in [-0.1, -0.05) is 36.4 Å². The Balaban J connectivity index is 1.59. The molecule has 3 aromatic rings. The Morgan fingerprint density at radius 2 is 1.80 bits per heavy atom. The van der Waals surface area contributed by atoms with Crippen LogP contribution < -0.4 is 19.7 Å². The minimum atomic E-state index is -4.03. The van der Waals surface area contributed by atoms with Gasteiger partial charge in [0.1, 0.15) is 11.8 Å². The number of hydrogen-bond acceptors (Lipinski definition) is 5. The Hall–Kier alpha value is -3.69. The molecule has 0 saturated heterocycles. The lowest BCUT2D eigenvalue weighted by Crippen LogP contribution is -2.45. The molecule has 3 aromatic carbocycles. The number of methoxy groups -OCH3 is 1. The number of anilines is 2. The number of amides is 2. The highest BCUT2D eigenvalue weighted by Gasteiger charge is 2.29. The van der Waals surface area contributed by atoms with Crippen molar-refractivity contribution < 1.29 is 22.7 Å². The van der Waals surface area contributed by atoms with E-state index in [2.05, 4.69) is 10.0 Å². The molecule has 2 amide bonds. The predicted octanol–water partition coefficient (Wildman–Crippen LogP) is 3.13. The third-order valence-electron chi connectivity index (χ3n) is 5.87. The zero-order valence-corrected chi connectivity index (χ0v) is 20.3. The number of nitrogens with one attached hydrogen (secondary N) is 2. The SMILES string of the molecule is COc1cccc(NC(=O)[C@H](Cc2ccccc2)NS(=O)(=O)c2ccc3c(c2)CCN3C(C)=O)c1. The zero-order chi connectivity index (χ0) is 25.0. The molecule has 1 aliphatic heterocycles. The average Bonchev–Trinajstić information content (AvgIpc) is 3.28. The first-order chi connectivity index (χ1) is 16.8. The van der Waals surface area contributed by atoms with Crippen LogP contribution in [0.25, 0.3) is 0 Å². The fourth-order valence-electron chi connectivity index (χ4n) is 4.10. The van der Waals surface area contributed by atoms with Crippen LogP contribution in [-0.4, -0.2) is 39.9 Å². The summed E-state index contributed by atoms with van der Waals surface area (Å²) in [5.41, 5.74) is 2.80. The predicted molar refractivity (Wildman–Crippen MR) is 134 cm³/mol. The molecule has 4 rings (SSSR count). The molecule has 8 nitrogen and oxygen atoms in total. The minimum absolute atomic E-state index is 0.0499. The number of benzene rings is 3. The Bertz CT molecular complexity index is 1340. The van der Waals surface area contributed by atoms with Crippen LogP contribution in [0.5, 0.6) is 5.75 Å². The van der Waals surface area contributed by atoms with E-state index in [-0.39, 0.29) is 17.2 Å². The van der Waals surface area contributed by atoms with Crippen molar-refractivity contribution >= 4 is 33.2 Å². The van der Waals surface area contributed by atoms with Gasteiger partial charge in [0.2, 0.25) is 21.8 Å². The van der Waals surface area contributed by atoms with E-state index in [0.29, 0.717) is 30.1 Å². The summed E-state index contributed by atoms with van der Waals surface area (Å²) >= 11 is 0. The normalized spacial score (nSPS) is 13.7. The molecular formula is C26H27N3O5S. The van der Waals surface area contributed by atoms with Gasteiger partial charge in [0.15, 0.2) is 0 Å². The van der Waals surface area contributed by atoms with Gasteiger partial charge in [-0.3, -0.25) is 9.59 Å². The molecule has 35 heavy (non-hydrogen) atoms. The summed E-state index contributed by atoms with van der Waals surface area (Å²) in [6, 6.07) is 19.7. The second kappa shape index (κ2) is 10.3. The molecule has 0 bridgehead atoms. The largest absolute Gasteiger partial charge is 0.497 e. The minimum Gasteiger partial charge on any atom is -0.497 e. The van der Waals surface area contributed by atoms with E-state index >= 15 is 0 Å². The van der Waals surface area contributed by atoms with Gasteiger partial charge < -0.3 is 15.0 Å². The van der Waals surface area contributed by atoms with Crippen LogP contribution in [0.1, 0.15) is 18.1 Å². The first kappa shape index (κ1) is 24.4. The van der Waals surface area contributed by atoms with E-state index in [9.17, 15) is 18.0 Å². The molecule has 182 valence electrons. The molecule has 2 N–H and O–H groups in total. The lowest BCUT2D eigenvalue weighted by Gasteiger charge is -2.20. The number of fused-ring (bicyclic) bond motifs is 1. The lowest BCUT2D eigenvalue weighted by molar-refractivity contribution is -0.118. The molecule has 9 heteroatoms. The molecule has 1 heterocycles. The first-order valence-corrected chi connectivity index (χ1v) is 12.7. The van der Waals surface area contributed by atoms with Gasteiger partial charge in [-0.15, -0.1) is 0 Å². The molecule has 1 aliphatic rings. The number of carbonyl (C=O) groups is 2. The lowest BCUT2D eigenvalue weighted by atomic mass is 10.1. The van der Waals surface area contributed by atoms with E-state index in [0.717, 1.165) is 11.1 Å². The summed E-state index contributed by atoms with van der Waals surface area (Å²) in [5.74, 6) is -0.00930. The van der Waals surface area contributed by atoms with E-state index in [1.54, 1.807) is 41.3 Å². The topological polar surface area (TPSA) is 105 Å². The van der Waals surface area contributed by atoms with Crippen molar-refractivity contribution in [3.8, 4) is 5.75 Å². The summed E-state index contributed by atoms with van der Waals surface area (Å²) in [7, 11) is -2.50. The molecule has 0 unspecified atom stereocenters. The van der Waals surface area contributed by atoms with Crippen LogP contribution >= 0.6 is 0 Å². The average molecular weight is 494 g/mol. The van der Waals surface area contributed by atoms with Crippen molar-refractivity contribution in [3.63, 3.8) is 0 Å². The van der Waals surface area contributed by atoms with Crippen molar-refractivity contribution in [2.75, 3.05) is 23.9 Å². The van der Waals surface area contributed by atoms with Crippen LogP contribution in [0.15, 0.2) is 77.7 Å². The van der Waals surface area contributed by atoms with Gasteiger partial charge in [0, 0.05) is 30.9 Å². The molecule has 0 aromatic heterocycles. The van der Waals surface area contributed by atoms with Crippen molar-refractivity contribution in [1.29, 1.82) is 0 Å². The van der Waals surface area contributed by atoms with E-state index in [1.807, 2.05) is 30.3 Å². The van der Waals surface area contributed by atoms with Crippen LogP contribution in [0.2, 0.25) is 0 Å². The molecule has 0 aliphatic carbocycles. The quantitative estimate of drug-likeness (QED) is 0.502. The second-order valence-corrected chi connectivity index (χ2v) is 10.0. The van der Waals surface area contributed by atoms with Gasteiger partial charge >= 0.3 is 0 Å². The highest BCUT2D eigenvalue weighted by Crippen LogP contribution is 2.30. The maximum Gasteiger partial charge on any atom is 0.242 e. The number of hydrogen-bond donors (Lipinski definition) is 2. The smallest absolute Gasteiger partial charge is 0.242 e. The standard InChI is InChI=1S/C26H27N3O5S/c1-18(30)29-14-13-20-16-23(11-12-25(20)29)35(32,33)28-24(15-19-7-4-3-5-8-19)26(31)27-21-9-6-10-22(17-21)34-2/h3-12,16-17,24,28H,13-15H2,1-2H3,(H,27,31)/t24-/m0/s1. The van der Waals surface area contributed by atoms with Gasteiger partial charge in [-0.2, -0.15) is 4.72 Å². The number of carbonyl (C=O) groups excluding carboxylic acids is 2. The summed E-state index contributed by atoms with van der Waals surface area (Å²) < 4.78 is 34.4. The number of ether oxygens (including phenoxy) is 1. The first-order valence-electron chi connectivity index (χ1n) is 11.2. The van der Waals surface area contributed by atoms with Crippen LogP contribution in [-0.2, 0) is 32.5 Å².